The Morgan fingerprint density at radius 1 is 1.23 bits per heavy atom. The highest BCUT2D eigenvalue weighted by atomic mass is 32.1. The monoisotopic (exact) mass is 378 g/mol. The highest BCUT2D eigenvalue weighted by Gasteiger charge is 2.25. The van der Waals surface area contributed by atoms with Crippen LogP contribution in [0.5, 0.6) is 0 Å². The summed E-state index contributed by atoms with van der Waals surface area (Å²) in [6.45, 7) is 3.59. The Morgan fingerprint density at radius 3 is 2.62 bits per heavy atom. The standard InChI is InChI=1S/C16H18N4O5S/c21-15(13-2-1-11-26-13)17-5-6-18-7-9-19(10-8-18)16(22)12-3-4-14(25-12)20(23)24/h1-4,11H,5-10H2,(H,17,21). The molecule has 0 unspecified atom stereocenters. The molecular formula is C16H18N4O5S. The molecule has 0 aliphatic carbocycles. The maximum absolute atomic E-state index is 12.3. The summed E-state index contributed by atoms with van der Waals surface area (Å²) < 4.78 is 4.96. The van der Waals surface area contributed by atoms with Gasteiger partial charge in [-0.2, -0.15) is 0 Å². The Kier molecular flexibility index (Phi) is 5.64. The maximum Gasteiger partial charge on any atom is 0.433 e. The summed E-state index contributed by atoms with van der Waals surface area (Å²) in [7, 11) is 0. The van der Waals surface area contributed by atoms with Gasteiger partial charge in [0.05, 0.1) is 10.9 Å². The molecule has 1 saturated heterocycles. The first-order valence-electron chi connectivity index (χ1n) is 8.12. The largest absolute Gasteiger partial charge is 0.433 e. The third kappa shape index (κ3) is 4.27. The van der Waals surface area contributed by atoms with Gasteiger partial charge in [-0.1, -0.05) is 6.07 Å². The minimum atomic E-state index is -0.667. The van der Waals surface area contributed by atoms with E-state index in [1.165, 1.54) is 23.5 Å². The summed E-state index contributed by atoms with van der Waals surface area (Å²) in [5.74, 6) is -0.876. The Bertz CT molecular complexity index is 780. The summed E-state index contributed by atoms with van der Waals surface area (Å²) in [4.78, 5) is 38.6. The molecule has 9 nitrogen and oxygen atoms in total. The first-order chi connectivity index (χ1) is 12.5. The van der Waals surface area contributed by atoms with Gasteiger partial charge in [-0.15, -0.1) is 11.3 Å². The van der Waals surface area contributed by atoms with Crippen LogP contribution in [0.3, 0.4) is 0 Å². The second-order valence-corrected chi connectivity index (χ2v) is 6.71. The lowest BCUT2D eigenvalue weighted by molar-refractivity contribution is -0.402. The highest BCUT2D eigenvalue weighted by molar-refractivity contribution is 7.12. The fourth-order valence-corrected chi connectivity index (χ4v) is 3.33. The predicted molar refractivity (Wildman–Crippen MR) is 94.4 cm³/mol. The van der Waals surface area contributed by atoms with Crippen molar-refractivity contribution in [1.29, 1.82) is 0 Å². The van der Waals surface area contributed by atoms with Crippen LogP contribution in [-0.2, 0) is 0 Å². The predicted octanol–water partition coefficient (Wildman–Crippen LogP) is 1.44. The number of nitrogens with one attached hydrogen (secondary N) is 1. The summed E-state index contributed by atoms with van der Waals surface area (Å²) >= 11 is 1.40. The second-order valence-electron chi connectivity index (χ2n) is 5.76. The van der Waals surface area contributed by atoms with E-state index in [1.54, 1.807) is 11.0 Å². The number of nitro groups is 1. The van der Waals surface area contributed by atoms with Crippen LogP contribution in [0.1, 0.15) is 20.2 Å². The summed E-state index contributed by atoms with van der Waals surface area (Å²) in [5.41, 5.74) is 0. The molecule has 2 aromatic rings. The van der Waals surface area contributed by atoms with Crippen LogP contribution in [0.2, 0.25) is 0 Å². The molecule has 2 amide bonds. The molecule has 1 aliphatic rings. The van der Waals surface area contributed by atoms with Gasteiger partial charge in [-0.05, 0) is 17.5 Å². The van der Waals surface area contributed by atoms with Crippen LogP contribution in [0.4, 0.5) is 5.88 Å². The summed E-state index contributed by atoms with van der Waals surface area (Å²) in [5, 5.41) is 15.4. The Morgan fingerprint density at radius 2 is 2.00 bits per heavy atom. The van der Waals surface area contributed by atoms with Gasteiger partial charge in [-0.3, -0.25) is 24.6 Å². The SMILES string of the molecule is O=C(NCCN1CCN(C(=O)c2ccc([N+](=O)[O-])o2)CC1)c1cccs1. The number of hydrogen-bond acceptors (Lipinski definition) is 7. The van der Waals surface area contributed by atoms with Crippen LogP contribution in [0.15, 0.2) is 34.1 Å². The van der Waals surface area contributed by atoms with E-state index < -0.39 is 10.8 Å². The normalized spacial score (nSPS) is 15.0. The quantitative estimate of drug-likeness (QED) is 0.602. The number of piperazine rings is 1. The number of nitrogens with zero attached hydrogens (tertiary/aromatic N) is 3. The summed E-state index contributed by atoms with van der Waals surface area (Å²) in [6.07, 6.45) is 0. The number of rotatable bonds is 6. The Labute approximate surface area is 153 Å². The van der Waals surface area contributed by atoms with Crippen molar-refractivity contribution in [3.63, 3.8) is 0 Å². The molecule has 1 N–H and O–H groups in total. The van der Waals surface area contributed by atoms with Gasteiger partial charge < -0.3 is 14.6 Å². The fourth-order valence-electron chi connectivity index (χ4n) is 2.69. The lowest BCUT2D eigenvalue weighted by Crippen LogP contribution is -2.50. The van der Waals surface area contributed by atoms with Crippen LogP contribution in [-0.4, -0.2) is 65.8 Å². The van der Waals surface area contributed by atoms with Crippen LogP contribution in [0.25, 0.3) is 0 Å². The van der Waals surface area contributed by atoms with Gasteiger partial charge in [0.1, 0.15) is 4.92 Å². The molecule has 2 aromatic heterocycles. The zero-order valence-corrected chi connectivity index (χ0v) is 14.7. The van der Waals surface area contributed by atoms with Gasteiger partial charge in [0.25, 0.3) is 11.8 Å². The van der Waals surface area contributed by atoms with Gasteiger partial charge in [0.15, 0.2) is 5.76 Å². The number of amides is 2. The third-order valence-electron chi connectivity index (χ3n) is 4.10. The van der Waals surface area contributed by atoms with Crippen molar-refractivity contribution < 1.29 is 18.9 Å². The first-order valence-corrected chi connectivity index (χ1v) is 9.00. The lowest BCUT2D eigenvalue weighted by atomic mass is 10.3. The summed E-state index contributed by atoms with van der Waals surface area (Å²) in [6, 6.07) is 6.12. The van der Waals surface area contributed by atoms with Crippen molar-refractivity contribution in [2.45, 2.75) is 0 Å². The maximum atomic E-state index is 12.3. The van der Waals surface area contributed by atoms with Crippen LogP contribution >= 0.6 is 11.3 Å². The van der Waals surface area contributed by atoms with E-state index in [1.807, 2.05) is 11.4 Å². The minimum absolute atomic E-state index is 0.0200. The van der Waals surface area contributed by atoms with Crippen molar-refractivity contribution in [3.05, 3.63) is 50.4 Å². The average molecular weight is 378 g/mol. The van der Waals surface area contributed by atoms with Crippen molar-refractivity contribution in [3.8, 4) is 0 Å². The van der Waals surface area contributed by atoms with Gasteiger partial charge in [-0.25, -0.2) is 0 Å². The molecule has 0 saturated carbocycles. The molecule has 3 rings (SSSR count). The van der Waals surface area contributed by atoms with Gasteiger partial charge in [0, 0.05) is 39.3 Å². The number of carbonyl (C=O) groups is 2. The molecule has 0 aromatic carbocycles. The number of furan rings is 1. The van der Waals surface area contributed by atoms with Crippen molar-refractivity contribution >= 4 is 29.0 Å². The van der Waals surface area contributed by atoms with Crippen molar-refractivity contribution in [2.24, 2.45) is 0 Å². The molecule has 138 valence electrons. The smallest absolute Gasteiger partial charge is 0.395 e. The van der Waals surface area contributed by atoms with Gasteiger partial charge >= 0.3 is 5.88 Å². The Balaban J connectivity index is 1.41. The van der Waals surface area contributed by atoms with E-state index in [-0.39, 0.29) is 17.6 Å². The van der Waals surface area contributed by atoms with Gasteiger partial charge in [0.2, 0.25) is 0 Å². The molecule has 1 aliphatic heterocycles. The third-order valence-corrected chi connectivity index (χ3v) is 4.97. The molecule has 1 fully saturated rings. The van der Waals surface area contributed by atoms with Crippen molar-refractivity contribution in [1.82, 2.24) is 15.1 Å². The first kappa shape index (κ1) is 18.1. The fraction of sp³-hybridized carbons (Fsp3) is 0.375. The van der Waals surface area contributed by atoms with E-state index in [0.29, 0.717) is 44.1 Å². The molecule has 0 bridgehead atoms. The lowest BCUT2D eigenvalue weighted by Gasteiger charge is -2.34. The zero-order valence-electron chi connectivity index (χ0n) is 13.9. The van der Waals surface area contributed by atoms with E-state index in [0.717, 1.165) is 0 Å². The average Bonchev–Trinajstić information content (AvgIpc) is 3.33. The molecular weight excluding hydrogens is 360 g/mol. The second kappa shape index (κ2) is 8.11. The Hall–Kier alpha value is -2.72. The van der Waals surface area contributed by atoms with Crippen LogP contribution < -0.4 is 5.32 Å². The van der Waals surface area contributed by atoms with Crippen molar-refractivity contribution in [2.75, 3.05) is 39.3 Å². The number of thiophene rings is 1. The van der Waals surface area contributed by atoms with E-state index in [4.69, 9.17) is 4.42 Å². The molecule has 3 heterocycles. The molecule has 0 atom stereocenters. The number of carbonyl (C=O) groups excluding carboxylic acids is 2. The van der Waals surface area contributed by atoms with E-state index >= 15 is 0 Å². The molecule has 26 heavy (non-hydrogen) atoms. The molecule has 0 radical (unpaired) electrons. The highest BCUT2D eigenvalue weighted by Crippen LogP contribution is 2.18. The van der Waals surface area contributed by atoms with E-state index in [2.05, 4.69) is 10.2 Å². The van der Waals surface area contributed by atoms with E-state index in [9.17, 15) is 19.7 Å². The minimum Gasteiger partial charge on any atom is -0.395 e. The molecule has 0 spiro atoms. The topological polar surface area (TPSA) is 109 Å². The zero-order chi connectivity index (χ0) is 18.5. The molecule has 10 heteroatoms. The van der Waals surface area contributed by atoms with Crippen LogP contribution in [0, 0.1) is 10.1 Å². The number of hydrogen-bond donors (Lipinski definition) is 1.